The summed E-state index contributed by atoms with van der Waals surface area (Å²) in [4.78, 5) is 4.96. The molecule has 0 saturated heterocycles. The van der Waals surface area contributed by atoms with Gasteiger partial charge in [0, 0.05) is 11.7 Å². The van der Waals surface area contributed by atoms with Gasteiger partial charge in [0.25, 0.3) is 0 Å². The van der Waals surface area contributed by atoms with Crippen molar-refractivity contribution in [2.45, 2.75) is 100 Å². The van der Waals surface area contributed by atoms with Gasteiger partial charge in [0.15, 0.2) is 0 Å². The van der Waals surface area contributed by atoms with Gasteiger partial charge < -0.3 is 5.32 Å². The second-order valence-electron chi connectivity index (χ2n) is 10.5. The summed E-state index contributed by atoms with van der Waals surface area (Å²) in [5.41, 5.74) is 15.7. The highest BCUT2D eigenvalue weighted by molar-refractivity contribution is 6.08. The van der Waals surface area contributed by atoms with Gasteiger partial charge >= 0.3 is 0 Å². The molecule has 0 fully saturated rings. The first-order valence-corrected chi connectivity index (χ1v) is 13.7. The van der Waals surface area contributed by atoms with Crippen LogP contribution in [0.4, 0.5) is 0 Å². The van der Waals surface area contributed by atoms with Crippen LogP contribution in [0.2, 0.25) is 0 Å². The normalized spacial score (nSPS) is 33.1. The van der Waals surface area contributed by atoms with Gasteiger partial charge in [0.1, 0.15) is 0 Å². The Balaban J connectivity index is 2.25. The molecule has 0 aromatic heterocycles. The third-order valence-corrected chi connectivity index (χ3v) is 7.69. The van der Waals surface area contributed by atoms with Gasteiger partial charge in [-0.05, 0) is 142 Å². The van der Waals surface area contributed by atoms with Crippen LogP contribution in [0.15, 0.2) is 109 Å². The molecule has 1 N–H and O–H groups in total. The van der Waals surface area contributed by atoms with Gasteiger partial charge in [-0.3, -0.25) is 0 Å². The van der Waals surface area contributed by atoms with E-state index in [4.69, 9.17) is 4.99 Å². The van der Waals surface area contributed by atoms with E-state index >= 15 is 0 Å². The van der Waals surface area contributed by atoms with Gasteiger partial charge in [-0.1, -0.05) is 44.9 Å². The number of fused-ring (bicyclic) bond motifs is 3. The number of aliphatic imine (C=N–C) groups is 1. The van der Waals surface area contributed by atoms with Gasteiger partial charge in [0.2, 0.25) is 0 Å². The molecule has 0 saturated carbocycles. The summed E-state index contributed by atoms with van der Waals surface area (Å²) >= 11 is 0. The molecular weight excluding hydrogens is 436 g/mol. The van der Waals surface area contributed by atoms with Crippen molar-refractivity contribution in [2.75, 3.05) is 0 Å². The van der Waals surface area contributed by atoms with Gasteiger partial charge in [0.05, 0.1) is 11.4 Å². The smallest absolute Gasteiger partial charge is 0.0669 e. The van der Waals surface area contributed by atoms with Gasteiger partial charge in [-0.25, -0.2) is 4.99 Å². The van der Waals surface area contributed by atoms with E-state index in [2.05, 4.69) is 110 Å². The highest BCUT2D eigenvalue weighted by atomic mass is 14.9. The lowest BCUT2D eigenvalue weighted by molar-refractivity contribution is 0.699. The molecule has 4 bridgehead atoms. The molecule has 2 nitrogen and oxygen atoms in total. The van der Waals surface area contributed by atoms with E-state index in [-0.39, 0.29) is 0 Å². The van der Waals surface area contributed by atoms with Crippen LogP contribution >= 0.6 is 0 Å². The lowest BCUT2D eigenvalue weighted by Crippen LogP contribution is -2.22. The predicted molar refractivity (Wildman–Crippen MR) is 159 cm³/mol. The summed E-state index contributed by atoms with van der Waals surface area (Å²) in [5.74, 6) is 0. The fraction of sp³-hybridized carbons (Fsp3) is 0.441. The summed E-state index contributed by atoms with van der Waals surface area (Å²) < 4.78 is 0. The number of allylic oxidation sites excluding steroid dienone is 14. The fourth-order valence-electron chi connectivity index (χ4n) is 5.50. The van der Waals surface area contributed by atoms with Crippen molar-refractivity contribution in [3.8, 4) is 0 Å². The van der Waals surface area contributed by atoms with Crippen molar-refractivity contribution in [2.24, 2.45) is 4.99 Å². The largest absolute Gasteiger partial charge is 0.378 e. The number of rotatable bonds is 4. The average Bonchev–Trinajstić information content (AvgIpc) is 3.43. The zero-order valence-corrected chi connectivity index (χ0v) is 24.1. The SMILES string of the molecule is C\C=C1CC2C=C/C(=C/C3=NC(=C/C(C)=C(C)/C(CCC)=C(C)/C=C(C)\C(CCC)=C/1C)\C(C)=C3)N2. The zero-order valence-electron chi connectivity index (χ0n) is 24.1. The molecule has 1 atom stereocenters. The monoisotopic (exact) mass is 482 g/mol. The molecule has 3 heterocycles. The minimum atomic E-state index is 0.302. The first-order valence-electron chi connectivity index (χ1n) is 13.7. The van der Waals surface area contributed by atoms with Crippen molar-refractivity contribution >= 4 is 5.71 Å². The molecule has 0 aromatic rings. The Kier molecular flexibility index (Phi) is 9.54. The maximum absolute atomic E-state index is 4.96. The quantitative estimate of drug-likeness (QED) is 0.424. The molecule has 3 aliphatic heterocycles. The first kappa shape index (κ1) is 27.7. The van der Waals surface area contributed by atoms with Crippen molar-refractivity contribution < 1.29 is 0 Å². The van der Waals surface area contributed by atoms with Gasteiger partial charge in [-0.15, -0.1) is 0 Å². The molecule has 2 heteroatoms. The van der Waals surface area contributed by atoms with Crippen LogP contribution in [0.1, 0.15) is 94.4 Å². The number of nitrogens with zero attached hydrogens (tertiary/aromatic N) is 1. The van der Waals surface area contributed by atoms with E-state index in [1.165, 1.54) is 50.2 Å². The van der Waals surface area contributed by atoms with E-state index in [0.717, 1.165) is 49.2 Å². The number of hydrogen-bond donors (Lipinski definition) is 1. The van der Waals surface area contributed by atoms with Crippen LogP contribution < -0.4 is 5.32 Å². The Morgan fingerprint density at radius 1 is 0.833 bits per heavy atom. The van der Waals surface area contributed by atoms with E-state index in [1.807, 2.05) is 0 Å². The Bertz CT molecular complexity index is 1200. The van der Waals surface area contributed by atoms with Crippen molar-refractivity contribution in [3.05, 3.63) is 104 Å². The molecule has 0 radical (unpaired) electrons. The van der Waals surface area contributed by atoms with Crippen LogP contribution in [0.3, 0.4) is 0 Å². The Labute approximate surface area is 220 Å². The first-order chi connectivity index (χ1) is 17.2. The lowest BCUT2D eigenvalue weighted by atomic mass is 9.88. The predicted octanol–water partition coefficient (Wildman–Crippen LogP) is 9.55. The Morgan fingerprint density at radius 3 is 2.19 bits per heavy atom. The molecule has 3 rings (SSSR count). The van der Waals surface area contributed by atoms with Crippen LogP contribution in [-0.2, 0) is 0 Å². The molecule has 36 heavy (non-hydrogen) atoms. The molecule has 3 aliphatic rings. The van der Waals surface area contributed by atoms with E-state index < -0.39 is 0 Å². The maximum Gasteiger partial charge on any atom is 0.0669 e. The molecule has 0 amide bonds. The molecular formula is C34H46N2. The summed E-state index contributed by atoms with van der Waals surface area (Å²) in [6.07, 6.45) is 21.3. The van der Waals surface area contributed by atoms with E-state index in [9.17, 15) is 0 Å². The van der Waals surface area contributed by atoms with Crippen molar-refractivity contribution in [1.29, 1.82) is 0 Å². The molecule has 0 aromatic carbocycles. The molecule has 1 unspecified atom stereocenters. The summed E-state index contributed by atoms with van der Waals surface area (Å²) in [6, 6.07) is 0.302. The minimum Gasteiger partial charge on any atom is -0.378 e. The summed E-state index contributed by atoms with van der Waals surface area (Å²) in [6.45, 7) is 20.3. The molecule has 192 valence electrons. The topological polar surface area (TPSA) is 24.4 Å². The summed E-state index contributed by atoms with van der Waals surface area (Å²) in [7, 11) is 0. The van der Waals surface area contributed by atoms with Crippen molar-refractivity contribution in [3.63, 3.8) is 0 Å². The van der Waals surface area contributed by atoms with Crippen LogP contribution in [0.5, 0.6) is 0 Å². The van der Waals surface area contributed by atoms with Crippen molar-refractivity contribution in [1.82, 2.24) is 5.32 Å². The highest BCUT2D eigenvalue weighted by Gasteiger charge is 2.18. The zero-order chi connectivity index (χ0) is 26.4. The summed E-state index contributed by atoms with van der Waals surface area (Å²) in [5, 5.41) is 3.70. The van der Waals surface area contributed by atoms with E-state index in [0.29, 0.717) is 6.04 Å². The average molecular weight is 483 g/mol. The number of nitrogens with one attached hydrogen (secondary N) is 1. The molecule has 0 aliphatic carbocycles. The Hall–Kier alpha value is -2.87. The molecule has 0 spiro atoms. The van der Waals surface area contributed by atoms with Gasteiger partial charge in [-0.2, -0.15) is 0 Å². The second-order valence-corrected chi connectivity index (χ2v) is 10.5. The third-order valence-electron chi connectivity index (χ3n) is 7.69. The number of hydrogen-bond acceptors (Lipinski definition) is 2. The maximum atomic E-state index is 4.96. The van der Waals surface area contributed by atoms with Crippen LogP contribution in [-0.4, -0.2) is 11.8 Å². The standard InChI is InChI=1S/C34H46N2/c1-10-13-32-23(5)17-24(6)33(14-11-2)27(9)28(12-3)20-29-15-16-30(35-29)21-31-18-25(7)34(36-31)19-22(4)26(32)8/h12,15-19,21,29,35H,10-11,13-14,20H2,1-9H3/b24-17-,26-22+,28-12+,30-21-,32-23+,33-27-,34-19-. The minimum absolute atomic E-state index is 0.302. The second kappa shape index (κ2) is 12.4. The van der Waals surface area contributed by atoms with E-state index in [1.54, 1.807) is 0 Å². The third kappa shape index (κ3) is 6.46. The van der Waals surface area contributed by atoms with Crippen LogP contribution in [0, 0.1) is 0 Å². The fourth-order valence-corrected chi connectivity index (χ4v) is 5.50. The highest BCUT2D eigenvalue weighted by Crippen LogP contribution is 2.32. The lowest BCUT2D eigenvalue weighted by Gasteiger charge is -2.20. The Morgan fingerprint density at radius 2 is 1.53 bits per heavy atom. The van der Waals surface area contributed by atoms with Crippen LogP contribution in [0.25, 0.3) is 0 Å².